The molecule has 1 aromatic rings. The number of anilines is 1. The molecule has 0 bridgehead atoms. The summed E-state index contributed by atoms with van der Waals surface area (Å²) in [4.78, 5) is 8.69. The third kappa shape index (κ3) is 4.09. The average Bonchev–Trinajstić information content (AvgIpc) is 2.49. The van der Waals surface area contributed by atoms with E-state index in [1.165, 1.54) is 32.1 Å². The first-order chi connectivity index (χ1) is 9.85. The molecule has 112 valence electrons. The van der Waals surface area contributed by atoms with Crippen LogP contribution in [-0.2, 0) is 6.42 Å². The van der Waals surface area contributed by atoms with Crippen LogP contribution in [0.2, 0.25) is 0 Å². The fourth-order valence-corrected chi connectivity index (χ4v) is 2.87. The van der Waals surface area contributed by atoms with Gasteiger partial charge in [-0.15, -0.1) is 0 Å². The van der Waals surface area contributed by atoms with Crippen LogP contribution in [0, 0.1) is 5.92 Å². The van der Waals surface area contributed by atoms with Gasteiger partial charge < -0.3 is 10.1 Å². The Morgan fingerprint density at radius 1 is 1.20 bits per heavy atom. The van der Waals surface area contributed by atoms with Crippen molar-refractivity contribution in [2.75, 3.05) is 18.5 Å². The van der Waals surface area contributed by atoms with Crippen LogP contribution in [0.3, 0.4) is 0 Å². The topological polar surface area (TPSA) is 47.0 Å². The minimum Gasteiger partial charge on any atom is -0.477 e. The van der Waals surface area contributed by atoms with E-state index >= 15 is 0 Å². The number of hydrogen-bond acceptors (Lipinski definition) is 4. The molecule has 1 N–H and O–H groups in total. The van der Waals surface area contributed by atoms with Crippen LogP contribution >= 0.6 is 0 Å². The van der Waals surface area contributed by atoms with Crippen molar-refractivity contribution in [2.45, 2.75) is 58.8 Å². The average molecular weight is 277 g/mol. The molecule has 2 rings (SSSR count). The van der Waals surface area contributed by atoms with E-state index in [1.54, 1.807) is 6.33 Å². The van der Waals surface area contributed by atoms with E-state index in [4.69, 9.17) is 4.74 Å². The Labute approximate surface area is 122 Å². The third-order valence-electron chi connectivity index (χ3n) is 3.93. The molecule has 1 fully saturated rings. The summed E-state index contributed by atoms with van der Waals surface area (Å²) in [6.45, 7) is 5.93. The van der Waals surface area contributed by atoms with Crippen molar-refractivity contribution in [3.8, 4) is 5.88 Å². The van der Waals surface area contributed by atoms with Gasteiger partial charge in [0.2, 0.25) is 5.88 Å². The highest BCUT2D eigenvalue weighted by molar-refractivity contribution is 5.48. The molecule has 0 aliphatic heterocycles. The molecule has 4 nitrogen and oxygen atoms in total. The second kappa shape index (κ2) is 8.08. The molecule has 1 heterocycles. The first kappa shape index (κ1) is 15.1. The fourth-order valence-electron chi connectivity index (χ4n) is 2.87. The first-order valence-electron chi connectivity index (χ1n) is 8.05. The van der Waals surface area contributed by atoms with E-state index in [9.17, 15) is 0 Å². The largest absolute Gasteiger partial charge is 0.477 e. The minimum atomic E-state index is 0.704. The maximum absolute atomic E-state index is 6.03. The molecule has 1 aliphatic rings. The van der Waals surface area contributed by atoms with E-state index in [-0.39, 0.29) is 0 Å². The summed E-state index contributed by atoms with van der Waals surface area (Å²) in [6.07, 6.45) is 10.3. The summed E-state index contributed by atoms with van der Waals surface area (Å²) in [6, 6.07) is 0. The number of ether oxygens (including phenoxy) is 1. The van der Waals surface area contributed by atoms with Crippen LogP contribution in [0.1, 0.15) is 57.9 Å². The van der Waals surface area contributed by atoms with Crippen molar-refractivity contribution in [3.63, 3.8) is 0 Å². The summed E-state index contributed by atoms with van der Waals surface area (Å²) >= 11 is 0. The lowest BCUT2D eigenvalue weighted by Gasteiger charge is -2.22. The van der Waals surface area contributed by atoms with Crippen molar-refractivity contribution in [3.05, 3.63) is 11.9 Å². The standard InChI is InChI=1S/C16H27N3O/c1-3-8-14-15(17-4-2)18-12-19-16(14)20-11-13-9-6-5-7-10-13/h12-13H,3-11H2,1-2H3,(H,17,18,19). The number of hydrogen-bond donors (Lipinski definition) is 1. The molecule has 0 radical (unpaired) electrons. The van der Waals surface area contributed by atoms with Crippen molar-refractivity contribution in [1.29, 1.82) is 0 Å². The number of nitrogens with one attached hydrogen (secondary N) is 1. The zero-order valence-electron chi connectivity index (χ0n) is 12.8. The SMILES string of the molecule is CCCc1c(NCC)ncnc1OCC1CCCCC1. The molecule has 0 spiro atoms. The van der Waals surface area contributed by atoms with Crippen molar-refractivity contribution < 1.29 is 4.74 Å². The lowest BCUT2D eigenvalue weighted by molar-refractivity contribution is 0.201. The summed E-state index contributed by atoms with van der Waals surface area (Å²) < 4.78 is 6.03. The fraction of sp³-hybridized carbons (Fsp3) is 0.750. The predicted octanol–water partition coefficient (Wildman–Crippen LogP) is 3.82. The molecule has 0 unspecified atom stereocenters. The maximum atomic E-state index is 6.03. The number of aromatic nitrogens is 2. The molecule has 0 aromatic carbocycles. The molecule has 0 saturated heterocycles. The smallest absolute Gasteiger partial charge is 0.221 e. The van der Waals surface area contributed by atoms with Crippen molar-refractivity contribution in [2.24, 2.45) is 5.92 Å². The Hall–Kier alpha value is -1.32. The lowest BCUT2D eigenvalue weighted by Crippen LogP contribution is -2.17. The van der Waals surface area contributed by atoms with Crippen LogP contribution in [0.15, 0.2) is 6.33 Å². The summed E-state index contributed by atoms with van der Waals surface area (Å²) in [5.41, 5.74) is 1.13. The van der Waals surface area contributed by atoms with Gasteiger partial charge in [0.1, 0.15) is 12.1 Å². The van der Waals surface area contributed by atoms with E-state index < -0.39 is 0 Å². The second-order valence-electron chi connectivity index (χ2n) is 5.60. The highest BCUT2D eigenvalue weighted by Gasteiger charge is 2.17. The summed E-state index contributed by atoms with van der Waals surface area (Å²) in [5, 5.41) is 3.31. The Kier molecular flexibility index (Phi) is 6.09. The molecular weight excluding hydrogens is 250 g/mol. The summed E-state index contributed by atoms with van der Waals surface area (Å²) in [7, 11) is 0. The van der Waals surface area contributed by atoms with E-state index in [1.807, 2.05) is 0 Å². The van der Waals surface area contributed by atoms with Crippen molar-refractivity contribution in [1.82, 2.24) is 9.97 Å². The van der Waals surface area contributed by atoms with Gasteiger partial charge in [-0.05, 0) is 32.1 Å². The number of rotatable bonds is 7. The molecule has 20 heavy (non-hydrogen) atoms. The zero-order chi connectivity index (χ0) is 14.2. The van der Waals surface area contributed by atoms with Gasteiger partial charge in [0.25, 0.3) is 0 Å². The highest BCUT2D eigenvalue weighted by atomic mass is 16.5. The van der Waals surface area contributed by atoms with Crippen LogP contribution in [0.4, 0.5) is 5.82 Å². The maximum Gasteiger partial charge on any atom is 0.221 e. The highest BCUT2D eigenvalue weighted by Crippen LogP contribution is 2.27. The van der Waals surface area contributed by atoms with Gasteiger partial charge in [-0.1, -0.05) is 32.6 Å². The van der Waals surface area contributed by atoms with Crippen LogP contribution in [0.25, 0.3) is 0 Å². The molecule has 0 amide bonds. The molecule has 1 aromatic heterocycles. The normalized spacial score (nSPS) is 16.1. The second-order valence-corrected chi connectivity index (χ2v) is 5.60. The van der Waals surface area contributed by atoms with Crippen LogP contribution in [0.5, 0.6) is 5.88 Å². The molecule has 0 atom stereocenters. The van der Waals surface area contributed by atoms with Gasteiger partial charge in [-0.3, -0.25) is 0 Å². The van der Waals surface area contributed by atoms with Gasteiger partial charge in [-0.25, -0.2) is 9.97 Å². The Morgan fingerprint density at radius 2 is 2.00 bits per heavy atom. The van der Waals surface area contributed by atoms with Gasteiger partial charge in [-0.2, -0.15) is 0 Å². The number of nitrogens with zero attached hydrogens (tertiary/aromatic N) is 2. The zero-order valence-corrected chi connectivity index (χ0v) is 12.8. The summed E-state index contributed by atoms with van der Waals surface area (Å²) in [5.74, 6) is 2.42. The molecule has 4 heteroatoms. The molecule has 1 aliphatic carbocycles. The Balaban J connectivity index is 2.02. The minimum absolute atomic E-state index is 0.704. The van der Waals surface area contributed by atoms with Gasteiger partial charge in [0.05, 0.1) is 12.2 Å². The third-order valence-corrected chi connectivity index (χ3v) is 3.93. The van der Waals surface area contributed by atoms with Gasteiger partial charge >= 0.3 is 0 Å². The monoisotopic (exact) mass is 277 g/mol. The van der Waals surface area contributed by atoms with Gasteiger partial charge in [0, 0.05) is 6.54 Å². The van der Waals surface area contributed by atoms with E-state index in [0.717, 1.165) is 43.3 Å². The van der Waals surface area contributed by atoms with Crippen LogP contribution < -0.4 is 10.1 Å². The van der Waals surface area contributed by atoms with Crippen LogP contribution in [-0.4, -0.2) is 23.1 Å². The Bertz CT molecular complexity index is 403. The first-order valence-corrected chi connectivity index (χ1v) is 8.05. The van der Waals surface area contributed by atoms with E-state index in [2.05, 4.69) is 29.1 Å². The van der Waals surface area contributed by atoms with Crippen molar-refractivity contribution >= 4 is 5.82 Å². The lowest BCUT2D eigenvalue weighted by atomic mass is 9.90. The molecular formula is C16H27N3O. The predicted molar refractivity (Wildman–Crippen MR) is 82.3 cm³/mol. The van der Waals surface area contributed by atoms with E-state index in [0.29, 0.717) is 5.92 Å². The molecule has 1 saturated carbocycles. The van der Waals surface area contributed by atoms with Gasteiger partial charge in [0.15, 0.2) is 0 Å². The quantitative estimate of drug-likeness (QED) is 0.823. The Morgan fingerprint density at radius 3 is 2.70 bits per heavy atom.